The van der Waals surface area contributed by atoms with E-state index < -0.39 is 17.7 Å². The highest BCUT2D eigenvalue weighted by Gasteiger charge is 2.41. The van der Waals surface area contributed by atoms with Crippen LogP contribution in [0.4, 0.5) is 0 Å². The van der Waals surface area contributed by atoms with E-state index in [0.29, 0.717) is 28.7 Å². The molecule has 1 aliphatic heterocycles. The summed E-state index contributed by atoms with van der Waals surface area (Å²) in [4.78, 5) is 13.5. The number of likely N-dealkylation sites (tertiary alicyclic amines) is 1. The van der Waals surface area contributed by atoms with Gasteiger partial charge in [-0.05, 0) is 92.9 Å². The normalized spacial score (nSPS) is 15.9. The molecule has 3 aromatic carbocycles. The summed E-state index contributed by atoms with van der Waals surface area (Å²) in [5.74, 6) is -0.855. The highest BCUT2D eigenvalue weighted by atomic mass is 16.4. The number of aromatic hydroxyl groups is 1. The number of aliphatic carboxylic acids is 1. The molecule has 6 nitrogen and oxygen atoms in total. The number of carbonyl (C=O) groups is 1. The van der Waals surface area contributed by atoms with Crippen molar-refractivity contribution in [2.75, 3.05) is 19.6 Å². The molecule has 38 heavy (non-hydrogen) atoms. The van der Waals surface area contributed by atoms with Crippen molar-refractivity contribution in [3.05, 3.63) is 100 Å². The number of piperidine rings is 1. The Hall–Kier alpha value is -3.19. The first-order valence-corrected chi connectivity index (χ1v) is 13.5. The average Bonchev–Trinajstić information content (AvgIpc) is 2.92. The third-order valence-electron chi connectivity index (χ3n) is 8.14. The minimum Gasteiger partial charge on any atom is -0.507 e. The van der Waals surface area contributed by atoms with E-state index in [0.717, 1.165) is 50.0 Å². The van der Waals surface area contributed by atoms with Gasteiger partial charge in [0.15, 0.2) is 0 Å². The molecule has 1 heterocycles. The molecule has 3 aromatic rings. The molecular formula is C32H39NO5. The van der Waals surface area contributed by atoms with Crippen LogP contribution in [0, 0.1) is 19.8 Å². The van der Waals surface area contributed by atoms with Crippen molar-refractivity contribution in [1.82, 2.24) is 4.90 Å². The van der Waals surface area contributed by atoms with Crippen LogP contribution in [0.3, 0.4) is 0 Å². The number of phenolic OH excluding ortho intramolecular Hbond substituents is 1. The molecular weight excluding hydrogens is 478 g/mol. The van der Waals surface area contributed by atoms with Crippen LogP contribution < -0.4 is 0 Å². The SMILES string of the molecule is Cc1cc(CC(=O)O)c(C)c(O)c1C(O)CCCN1CCC(C(O)(c2ccccc2)c2ccccc2)CC1. The number of nitrogens with zero attached hydrogens (tertiary/aromatic N) is 1. The van der Waals surface area contributed by atoms with Crippen molar-refractivity contribution in [3.8, 4) is 5.75 Å². The molecule has 202 valence electrons. The topological polar surface area (TPSA) is 101 Å². The first kappa shape index (κ1) is 27.8. The number of carboxylic acids is 1. The van der Waals surface area contributed by atoms with E-state index in [-0.39, 0.29) is 18.1 Å². The fourth-order valence-electron chi connectivity index (χ4n) is 6.00. The van der Waals surface area contributed by atoms with E-state index in [2.05, 4.69) is 4.90 Å². The van der Waals surface area contributed by atoms with Gasteiger partial charge in [-0.3, -0.25) is 4.79 Å². The first-order valence-electron chi connectivity index (χ1n) is 13.5. The summed E-state index contributed by atoms with van der Waals surface area (Å²) in [7, 11) is 0. The van der Waals surface area contributed by atoms with Crippen molar-refractivity contribution >= 4 is 5.97 Å². The number of aliphatic hydroxyl groups is 2. The fraction of sp³-hybridized carbons (Fsp3) is 0.406. The summed E-state index contributed by atoms with van der Waals surface area (Å²) in [6, 6.07) is 21.6. The lowest BCUT2D eigenvalue weighted by molar-refractivity contribution is -0.136. The Labute approximate surface area is 225 Å². The monoisotopic (exact) mass is 517 g/mol. The first-order chi connectivity index (χ1) is 18.2. The molecule has 0 spiro atoms. The molecule has 0 aliphatic carbocycles. The van der Waals surface area contributed by atoms with E-state index in [9.17, 15) is 20.1 Å². The second-order valence-electron chi connectivity index (χ2n) is 10.6. The maximum atomic E-state index is 12.1. The molecule has 0 radical (unpaired) electrons. The largest absolute Gasteiger partial charge is 0.507 e. The molecule has 0 amide bonds. The van der Waals surface area contributed by atoms with Gasteiger partial charge in [-0.15, -0.1) is 0 Å². The standard InChI is InChI=1S/C32H39NO5/c1-22-20-24(21-29(35)36)23(2)31(37)30(22)28(34)14-9-17-33-18-15-27(16-19-33)32(38,25-10-5-3-6-11-25)26-12-7-4-8-13-26/h3-8,10-13,20,27-28,34,37-38H,9,14-19,21H2,1-2H3,(H,35,36). The maximum absolute atomic E-state index is 12.1. The number of aliphatic hydroxyl groups excluding tert-OH is 1. The van der Waals surface area contributed by atoms with Gasteiger partial charge in [0.25, 0.3) is 0 Å². The zero-order chi connectivity index (χ0) is 27.3. The van der Waals surface area contributed by atoms with Crippen LogP contribution in [0.5, 0.6) is 5.75 Å². The van der Waals surface area contributed by atoms with Gasteiger partial charge in [0, 0.05) is 5.56 Å². The Kier molecular flexibility index (Phi) is 8.87. The summed E-state index contributed by atoms with van der Waals surface area (Å²) < 4.78 is 0. The van der Waals surface area contributed by atoms with Gasteiger partial charge in [0.2, 0.25) is 0 Å². The zero-order valence-corrected chi connectivity index (χ0v) is 22.3. The molecule has 1 unspecified atom stereocenters. The van der Waals surface area contributed by atoms with Gasteiger partial charge in [-0.1, -0.05) is 66.7 Å². The minimum absolute atomic E-state index is 0.00401. The minimum atomic E-state index is -1.04. The van der Waals surface area contributed by atoms with Gasteiger partial charge in [-0.25, -0.2) is 0 Å². The van der Waals surface area contributed by atoms with Crippen LogP contribution in [0.2, 0.25) is 0 Å². The summed E-state index contributed by atoms with van der Waals surface area (Å²) in [5, 5.41) is 42.8. The summed E-state index contributed by atoms with van der Waals surface area (Å²) >= 11 is 0. The summed E-state index contributed by atoms with van der Waals surface area (Å²) in [5.41, 5.74) is 3.09. The summed E-state index contributed by atoms with van der Waals surface area (Å²) in [6.07, 6.45) is 2.04. The lowest BCUT2D eigenvalue weighted by Gasteiger charge is -2.42. The Balaban J connectivity index is 1.36. The molecule has 0 bridgehead atoms. The van der Waals surface area contributed by atoms with Gasteiger partial charge < -0.3 is 25.3 Å². The van der Waals surface area contributed by atoms with Crippen LogP contribution >= 0.6 is 0 Å². The lowest BCUT2D eigenvalue weighted by Crippen LogP contribution is -2.44. The number of hydrogen-bond acceptors (Lipinski definition) is 5. The van der Waals surface area contributed by atoms with E-state index in [1.807, 2.05) is 60.7 Å². The lowest BCUT2D eigenvalue weighted by atomic mass is 9.72. The van der Waals surface area contributed by atoms with Crippen molar-refractivity contribution in [3.63, 3.8) is 0 Å². The van der Waals surface area contributed by atoms with Gasteiger partial charge in [0.05, 0.1) is 12.5 Å². The van der Waals surface area contributed by atoms with Crippen molar-refractivity contribution < 1.29 is 25.2 Å². The van der Waals surface area contributed by atoms with E-state index in [4.69, 9.17) is 5.11 Å². The average molecular weight is 518 g/mol. The second kappa shape index (κ2) is 12.1. The number of benzene rings is 3. The van der Waals surface area contributed by atoms with Crippen molar-refractivity contribution in [2.24, 2.45) is 5.92 Å². The second-order valence-corrected chi connectivity index (χ2v) is 10.6. The van der Waals surface area contributed by atoms with E-state index in [1.54, 1.807) is 19.9 Å². The molecule has 1 aliphatic rings. The molecule has 6 heteroatoms. The van der Waals surface area contributed by atoms with Gasteiger partial charge in [-0.2, -0.15) is 0 Å². The maximum Gasteiger partial charge on any atom is 0.307 e. The van der Waals surface area contributed by atoms with Crippen LogP contribution in [-0.4, -0.2) is 50.9 Å². The Bertz CT molecular complexity index is 1180. The van der Waals surface area contributed by atoms with E-state index in [1.165, 1.54) is 0 Å². The van der Waals surface area contributed by atoms with E-state index >= 15 is 0 Å². The van der Waals surface area contributed by atoms with Crippen LogP contribution in [0.25, 0.3) is 0 Å². The van der Waals surface area contributed by atoms with Crippen LogP contribution in [0.15, 0.2) is 66.7 Å². The zero-order valence-electron chi connectivity index (χ0n) is 22.3. The predicted molar refractivity (Wildman–Crippen MR) is 148 cm³/mol. The molecule has 0 saturated carbocycles. The van der Waals surface area contributed by atoms with Crippen molar-refractivity contribution in [1.29, 1.82) is 0 Å². The quantitative estimate of drug-likeness (QED) is 0.299. The fourth-order valence-corrected chi connectivity index (χ4v) is 6.00. The van der Waals surface area contributed by atoms with Gasteiger partial charge >= 0.3 is 5.97 Å². The highest BCUT2D eigenvalue weighted by molar-refractivity contribution is 5.71. The van der Waals surface area contributed by atoms with Crippen LogP contribution in [0.1, 0.15) is 65.2 Å². The highest BCUT2D eigenvalue weighted by Crippen LogP contribution is 2.42. The molecule has 4 N–H and O–H groups in total. The molecule has 0 aromatic heterocycles. The smallest absolute Gasteiger partial charge is 0.307 e. The molecule has 1 saturated heterocycles. The Morgan fingerprint density at radius 1 is 1.00 bits per heavy atom. The summed E-state index contributed by atoms with van der Waals surface area (Å²) in [6.45, 7) is 6.06. The Morgan fingerprint density at radius 3 is 2.08 bits per heavy atom. The number of hydrogen-bond donors (Lipinski definition) is 4. The number of rotatable bonds is 10. The number of phenols is 1. The number of carboxylic acid groups (broad SMARTS) is 1. The third kappa shape index (κ3) is 5.93. The van der Waals surface area contributed by atoms with Crippen LogP contribution in [-0.2, 0) is 16.8 Å². The van der Waals surface area contributed by atoms with Gasteiger partial charge in [0.1, 0.15) is 11.4 Å². The number of aryl methyl sites for hydroxylation is 1. The molecule has 1 fully saturated rings. The van der Waals surface area contributed by atoms with Crippen molar-refractivity contribution in [2.45, 2.75) is 57.7 Å². The Morgan fingerprint density at radius 2 is 1.55 bits per heavy atom. The third-order valence-corrected chi connectivity index (χ3v) is 8.14. The molecule has 1 atom stereocenters. The predicted octanol–water partition coefficient (Wildman–Crippen LogP) is 5.10. The molecule has 4 rings (SSSR count).